The molecule has 0 fully saturated rings. The topological polar surface area (TPSA) is 78.4 Å². The van der Waals surface area contributed by atoms with E-state index in [-0.39, 0.29) is 32.8 Å². The van der Waals surface area contributed by atoms with Crippen molar-refractivity contribution in [1.29, 1.82) is 0 Å². The van der Waals surface area contributed by atoms with Crippen LogP contribution < -0.4 is 10.5 Å². The van der Waals surface area contributed by atoms with Gasteiger partial charge in [0.2, 0.25) is 0 Å². The second-order valence-electron chi connectivity index (χ2n) is 4.55. The summed E-state index contributed by atoms with van der Waals surface area (Å²) in [6.07, 6.45) is -4.53. The Bertz CT molecular complexity index is 827. The highest BCUT2D eigenvalue weighted by atomic mass is 35.5. The first-order chi connectivity index (χ1) is 11.1. The molecule has 2 aromatic carbocycles. The van der Waals surface area contributed by atoms with Crippen LogP contribution in [0.2, 0.25) is 5.02 Å². The Hall–Kier alpha value is -2.39. The predicted molar refractivity (Wildman–Crippen MR) is 85.5 cm³/mol. The highest BCUT2D eigenvalue weighted by Gasteiger charge is 2.31. The maximum atomic E-state index is 12.6. The van der Waals surface area contributed by atoms with Gasteiger partial charge in [-0.25, -0.2) is 0 Å². The van der Waals surface area contributed by atoms with Crippen LogP contribution in [0, 0.1) is 10.1 Å². The van der Waals surface area contributed by atoms with Crippen LogP contribution >= 0.6 is 23.8 Å². The first kappa shape index (κ1) is 18.0. The van der Waals surface area contributed by atoms with Crippen molar-refractivity contribution in [2.75, 3.05) is 0 Å². The molecule has 2 aromatic rings. The summed E-state index contributed by atoms with van der Waals surface area (Å²) in [5, 5.41) is 10.6. The van der Waals surface area contributed by atoms with Gasteiger partial charge in [0.05, 0.1) is 21.1 Å². The Labute approximate surface area is 143 Å². The number of hydrogen-bond acceptors (Lipinski definition) is 4. The zero-order valence-corrected chi connectivity index (χ0v) is 13.2. The number of benzene rings is 2. The van der Waals surface area contributed by atoms with E-state index in [9.17, 15) is 23.3 Å². The predicted octanol–water partition coefficient (Wildman–Crippen LogP) is 4.69. The first-order valence-electron chi connectivity index (χ1n) is 6.22. The number of nitrogens with zero attached hydrogens (tertiary/aromatic N) is 1. The highest BCUT2D eigenvalue weighted by Crippen LogP contribution is 2.37. The van der Waals surface area contributed by atoms with Gasteiger partial charge < -0.3 is 10.5 Å². The van der Waals surface area contributed by atoms with Gasteiger partial charge in [0.25, 0.3) is 5.69 Å². The number of thiocarbonyl (C=S) groups is 1. The summed E-state index contributed by atoms with van der Waals surface area (Å²) in [4.78, 5) is 10.0. The molecule has 24 heavy (non-hydrogen) atoms. The van der Waals surface area contributed by atoms with Crippen LogP contribution in [0.1, 0.15) is 11.1 Å². The zero-order valence-electron chi connectivity index (χ0n) is 11.6. The number of nitrogens with two attached hydrogens (primary N) is 1. The maximum absolute atomic E-state index is 12.6. The van der Waals surface area contributed by atoms with Crippen molar-refractivity contribution in [3.05, 3.63) is 62.7 Å². The molecule has 0 aliphatic rings. The van der Waals surface area contributed by atoms with Crippen LogP contribution in [0.25, 0.3) is 0 Å². The number of nitro groups is 1. The van der Waals surface area contributed by atoms with Crippen LogP contribution in [0.4, 0.5) is 18.9 Å². The molecule has 2 rings (SSSR count). The molecule has 0 unspecified atom stereocenters. The van der Waals surface area contributed by atoms with Gasteiger partial charge >= 0.3 is 6.18 Å². The molecule has 0 radical (unpaired) electrons. The molecule has 0 amide bonds. The minimum atomic E-state index is -4.53. The summed E-state index contributed by atoms with van der Waals surface area (Å²) >= 11 is 10.5. The smallest absolute Gasteiger partial charge is 0.416 e. The lowest BCUT2D eigenvalue weighted by Crippen LogP contribution is -2.12. The molecule has 0 spiro atoms. The average molecular weight is 377 g/mol. The Morgan fingerprint density at radius 2 is 1.92 bits per heavy atom. The van der Waals surface area contributed by atoms with Gasteiger partial charge in [-0.05, 0) is 30.3 Å². The van der Waals surface area contributed by atoms with Crippen LogP contribution in [0.3, 0.4) is 0 Å². The van der Waals surface area contributed by atoms with Gasteiger partial charge in [0.15, 0.2) is 0 Å². The molecule has 0 saturated heterocycles. The summed E-state index contributed by atoms with van der Waals surface area (Å²) < 4.78 is 43.2. The molecule has 0 saturated carbocycles. The molecular formula is C14H8ClF3N2O3S. The molecule has 0 bridgehead atoms. The lowest BCUT2D eigenvalue weighted by molar-refractivity contribution is -0.385. The van der Waals surface area contributed by atoms with Crippen molar-refractivity contribution >= 4 is 34.5 Å². The maximum Gasteiger partial charge on any atom is 0.416 e. The molecule has 2 N–H and O–H groups in total. The molecule has 0 atom stereocenters. The number of ether oxygens (including phenoxy) is 1. The normalized spacial score (nSPS) is 11.2. The van der Waals surface area contributed by atoms with Crippen LogP contribution in [-0.4, -0.2) is 9.91 Å². The monoisotopic (exact) mass is 376 g/mol. The van der Waals surface area contributed by atoms with Gasteiger partial charge in [-0.3, -0.25) is 10.1 Å². The van der Waals surface area contributed by atoms with E-state index in [1.807, 2.05) is 0 Å². The van der Waals surface area contributed by atoms with E-state index in [2.05, 4.69) is 0 Å². The molecule has 0 heterocycles. The first-order valence-corrected chi connectivity index (χ1v) is 7.01. The van der Waals surface area contributed by atoms with Crippen LogP contribution in [-0.2, 0) is 6.18 Å². The number of nitro benzene ring substituents is 1. The average Bonchev–Trinajstić information content (AvgIpc) is 2.47. The SMILES string of the molecule is NC(=S)c1cc(Oc2ccc(C(F)(F)F)cc2Cl)ccc1[N+](=O)[O-]. The number of alkyl halides is 3. The fraction of sp³-hybridized carbons (Fsp3) is 0.0714. The number of hydrogen-bond donors (Lipinski definition) is 1. The summed E-state index contributed by atoms with van der Waals surface area (Å²) in [6.45, 7) is 0. The molecule has 0 aliphatic heterocycles. The fourth-order valence-corrected chi connectivity index (χ4v) is 2.20. The third kappa shape index (κ3) is 3.92. The van der Waals surface area contributed by atoms with E-state index < -0.39 is 16.7 Å². The van der Waals surface area contributed by atoms with Crippen LogP contribution in [0.5, 0.6) is 11.5 Å². The van der Waals surface area contributed by atoms with Crippen molar-refractivity contribution in [3.8, 4) is 11.5 Å². The van der Waals surface area contributed by atoms with Crippen molar-refractivity contribution in [2.45, 2.75) is 6.18 Å². The highest BCUT2D eigenvalue weighted by molar-refractivity contribution is 7.80. The number of rotatable bonds is 4. The molecule has 126 valence electrons. The Kier molecular flexibility index (Phi) is 4.95. The lowest BCUT2D eigenvalue weighted by Gasteiger charge is -2.12. The zero-order chi connectivity index (χ0) is 18.1. The molecule has 10 heteroatoms. The van der Waals surface area contributed by atoms with E-state index >= 15 is 0 Å². The molecule has 5 nitrogen and oxygen atoms in total. The number of halogens is 4. The van der Waals surface area contributed by atoms with E-state index in [0.29, 0.717) is 0 Å². The van der Waals surface area contributed by atoms with Gasteiger partial charge in [-0.15, -0.1) is 0 Å². The third-order valence-corrected chi connectivity index (χ3v) is 3.43. The van der Waals surface area contributed by atoms with E-state index in [0.717, 1.165) is 24.3 Å². The standard InChI is InChI=1S/C14H8ClF3N2O3S/c15-10-5-7(14(16,17)18)1-4-12(10)23-8-2-3-11(20(21)22)9(6-8)13(19)24/h1-6H,(H2,19,24). The summed E-state index contributed by atoms with van der Waals surface area (Å²) in [7, 11) is 0. The summed E-state index contributed by atoms with van der Waals surface area (Å²) in [5.74, 6) is 0.0393. The Morgan fingerprint density at radius 3 is 2.42 bits per heavy atom. The van der Waals surface area contributed by atoms with Gasteiger partial charge in [-0.2, -0.15) is 13.2 Å². The quantitative estimate of drug-likeness (QED) is 0.475. The summed E-state index contributed by atoms with van der Waals surface area (Å²) in [6, 6.07) is 6.18. The minimum absolute atomic E-state index is 0.0319. The minimum Gasteiger partial charge on any atom is -0.456 e. The lowest BCUT2D eigenvalue weighted by atomic mass is 10.1. The second-order valence-corrected chi connectivity index (χ2v) is 5.39. The Balaban J connectivity index is 2.37. The second kappa shape index (κ2) is 6.62. The molecule has 0 aromatic heterocycles. The van der Waals surface area contributed by atoms with E-state index in [1.165, 1.54) is 12.1 Å². The van der Waals surface area contributed by atoms with Gasteiger partial charge in [0, 0.05) is 6.07 Å². The molecular weight excluding hydrogens is 369 g/mol. The largest absolute Gasteiger partial charge is 0.456 e. The van der Waals surface area contributed by atoms with Gasteiger partial charge in [-0.1, -0.05) is 23.8 Å². The van der Waals surface area contributed by atoms with Crippen molar-refractivity contribution < 1.29 is 22.8 Å². The van der Waals surface area contributed by atoms with Crippen molar-refractivity contribution in [2.24, 2.45) is 5.73 Å². The Morgan fingerprint density at radius 1 is 1.25 bits per heavy atom. The summed E-state index contributed by atoms with van der Waals surface area (Å²) in [5.41, 5.74) is 4.17. The van der Waals surface area contributed by atoms with Crippen molar-refractivity contribution in [3.63, 3.8) is 0 Å². The third-order valence-electron chi connectivity index (χ3n) is 2.92. The molecule has 0 aliphatic carbocycles. The fourth-order valence-electron chi connectivity index (χ4n) is 1.82. The van der Waals surface area contributed by atoms with E-state index in [4.69, 9.17) is 34.3 Å². The van der Waals surface area contributed by atoms with Crippen LogP contribution in [0.15, 0.2) is 36.4 Å². The van der Waals surface area contributed by atoms with Gasteiger partial charge in [0.1, 0.15) is 16.5 Å². The van der Waals surface area contributed by atoms with E-state index in [1.54, 1.807) is 0 Å². The van der Waals surface area contributed by atoms with Crippen molar-refractivity contribution in [1.82, 2.24) is 0 Å².